The molecule has 1 aliphatic carbocycles. The summed E-state index contributed by atoms with van der Waals surface area (Å²) in [4.78, 5) is 14.9. The maximum absolute atomic E-state index is 12.6. The van der Waals surface area contributed by atoms with Crippen LogP contribution < -0.4 is 0 Å². The first kappa shape index (κ1) is 20.4. The van der Waals surface area contributed by atoms with E-state index >= 15 is 0 Å². The van der Waals surface area contributed by atoms with E-state index in [-0.39, 0.29) is 5.91 Å². The van der Waals surface area contributed by atoms with Crippen molar-refractivity contribution in [3.63, 3.8) is 0 Å². The Kier molecular flexibility index (Phi) is 5.98. The second-order valence-corrected chi connectivity index (χ2v) is 9.69. The fourth-order valence-corrected chi connectivity index (χ4v) is 5.95. The molecule has 0 bridgehead atoms. The monoisotopic (exact) mass is 424 g/mol. The minimum Gasteiger partial charge on any atom is -0.318 e. The summed E-state index contributed by atoms with van der Waals surface area (Å²) in [5, 5.41) is 0. The van der Waals surface area contributed by atoms with Crippen molar-refractivity contribution in [1.82, 2.24) is 9.47 Å². The Morgan fingerprint density at radius 1 is 1.14 bits per heavy atom. The number of aromatic nitrogens is 1. The Labute approximate surface area is 183 Å². The van der Waals surface area contributed by atoms with Gasteiger partial charge in [-0.1, -0.05) is 55.4 Å². The Balaban J connectivity index is 1.62. The maximum atomic E-state index is 12.6. The highest BCUT2D eigenvalue weighted by molar-refractivity contribution is 8.26. The number of thioether (sulfide) groups is 1. The molecule has 0 atom stereocenters. The summed E-state index contributed by atoms with van der Waals surface area (Å²) in [6.07, 6.45) is 8.73. The summed E-state index contributed by atoms with van der Waals surface area (Å²) in [5.74, 6) is 0.741. The number of benzene rings is 1. The quantitative estimate of drug-likeness (QED) is 0.421. The van der Waals surface area contributed by atoms with Crippen LogP contribution in [0, 0.1) is 13.8 Å². The molecule has 2 fully saturated rings. The van der Waals surface area contributed by atoms with Crippen LogP contribution in [0.5, 0.6) is 0 Å². The van der Waals surface area contributed by atoms with E-state index in [4.69, 9.17) is 12.2 Å². The predicted molar refractivity (Wildman–Crippen MR) is 127 cm³/mol. The smallest absolute Gasteiger partial charge is 0.266 e. The first-order chi connectivity index (χ1) is 14.0. The molecule has 29 heavy (non-hydrogen) atoms. The molecule has 3 nitrogen and oxygen atoms in total. The number of carbonyl (C=O) groups excluding carboxylic acids is 1. The van der Waals surface area contributed by atoms with Crippen LogP contribution in [0.3, 0.4) is 0 Å². The van der Waals surface area contributed by atoms with Crippen LogP contribution in [0.1, 0.15) is 67.5 Å². The van der Waals surface area contributed by atoms with Gasteiger partial charge in [0.05, 0.1) is 4.91 Å². The van der Waals surface area contributed by atoms with Gasteiger partial charge in [0.15, 0.2) is 0 Å². The highest BCUT2D eigenvalue weighted by atomic mass is 32.2. The van der Waals surface area contributed by atoms with Crippen LogP contribution in [0.25, 0.3) is 11.8 Å². The number of rotatable bonds is 4. The number of aryl methyl sites for hydroxylation is 1. The zero-order valence-corrected chi connectivity index (χ0v) is 19.0. The lowest BCUT2D eigenvalue weighted by molar-refractivity contribution is -0.121. The number of hydrogen-bond acceptors (Lipinski definition) is 3. The van der Waals surface area contributed by atoms with Crippen LogP contribution in [-0.2, 0) is 4.79 Å². The van der Waals surface area contributed by atoms with Crippen LogP contribution in [0.15, 0.2) is 35.2 Å². The molecule has 1 aromatic heterocycles. The Morgan fingerprint density at radius 3 is 2.45 bits per heavy atom. The summed E-state index contributed by atoms with van der Waals surface area (Å²) in [7, 11) is 0. The molecule has 4 rings (SSSR count). The standard InChI is InChI=1S/C24H28N2OS2/c1-4-25-23(27)22(29-24(25)28)15-20-14-16(2)26(17(20)3)21-12-10-19(11-13-21)18-8-6-5-7-9-18/h10-15,18H,4-9H2,1-3H3. The SMILES string of the molecule is CCN1C(=O)C(=Cc2cc(C)n(-c3ccc(C4CCCCC4)cc3)c2C)SC1=S. The Bertz CT molecular complexity index is 966. The maximum Gasteiger partial charge on any atom is 0.266 e. The van der Waals surface area contributed by atoms with Gasteiger partial charge in [-0.3, -0.25) is 9.69 Å². The second kappa shape index (κ2) is 8.49. The number of amides is 1. The molecule has 2 aromatic rings. The molecular formula is C24H28N2OS2. The lowest BCUT2D eigenvalue weighted by Gasteiger charge is -2.22. The molecule has 1 aromatic carbocycles. The third-order valence-corrected chi connectivity index (χ3v) is 7.55. The van der Waals surface area contributed by atoms with E-state index in [9.17, 15) is 4.79 Å². The molecule has 1 saturated heterocycles. The van der Waals surface area contributed by atoms with Crippen molar-refractivity contribution in [3.8, 4) is 5.69 Å². The minimum atomic E-state index is 0.0177. The Hall–Kier alpha value is -1.85. The van der Waals surface area contributed by atoms with Crippen molar-refractivity contribution in [1.29, 1.82) is 0 Å². The third kappa shape index (κ3) is 3.95. The van der Waals surface area contributed by atoms with E-state index in [1.807, 2.05) is 13.0 Å². The normalized spacial score (nSPS) is 19.6. The van der Waals surface area contributed by atoms with Crippen molar-refractivity contribution >= 4 is 40.3 Å². The van der Waals surface area contributed by atoms with E-state index in [0.717, 1.165) is 17.2 Å². The van der Waals surface area contributed by atoms with E-state index in [2.05, 4.69) is 48.7 Å². The third-order valence-electron chi connectivity index (χ3n) is 6.17. The molecule has 1 saturated carbocycles. The molecule has 152 valence electrons. The lowest BCUT2D eigenvalue weighted by Crippen LogP contribution is -2.27. The van der Waals surface area contributed by atoms with E-state index in [1.54, 1.807) is 4.90 Å². The number of thiocarbonyl (C=S) groups is 1. The van der Waals surface area contributed by atoms with Crippen LogP contribution >= 0.6 is 24.0 Å². The fourth-order valence-electron chi connectivity index (χ4n) is 4.58. The van der Waals surface area contributed by atoms with Crippen molar-refractivity contribution < 1.29 is 4.79 Å². The van der Waals surface area contributed by atoms with Gasteiger partial charge in [-0.15, -0.1) is 0 Å². The second-order valence-electron chi connectivity index (χ2n) is 8.01. The zero-order chi connectivity index (χ0) is 20.5. The van der Waals surface area contributed by atoms with Gasteiger partial charge in [-0.2, -0.15) is 0 Å². The molecular weight excluding hydrogens is 396 g/mol. The zero-order valence-electron chi connectivity index (χ0n) is 17.4. The average Bonchev–Trinajstić information content (AvgIpc) is 3.17. The van der Waals surface area contributed by atoms with Gasteiger partial charge < -0.3 is 4.57 Å². The van der Waals surface area contributed by atoms with Gasteiger partial charge in [0.2, 0.25) is 0 Å². The van der Waals surface area contributed by atoms with Crippen molar-refractivity contribution in [3.05, 3.63) is 57.8 Å². The lowest BCUT2D eigenvalue weighted by atomic mass is 9.84. The van der Waals surface area contributed by atoms with Crippen molar-refractivity contribution in [2.24, 2.45) is 0 Å². The molecule has 0 N–H and O–H groups in total. The fraction of sp³-hybridized carbons (Fsp3) is 0.417. The summed E-state index contributed by atoms with van der Waals surface area (Å²) in [6.45, 7) is 6.82. The first-order valence-corrected chi connectivity index (χ1v) is 11.8. The highest BCUT2D eigenvalue weighted by Gasteiger charge is 2.31. The number of nitrogens with zero attached hydrogens (tertiary/aromatic N) is 2. The van der Waals surface area contributed by atoms with E-state index in [1.165, 1.54) is 60.8 Å². The van der Waals surface area contributed by atoms with Gasteiger partial charge in [-0.05, 0) is 74.9 Å². The topological polar surface area (TPSA) is 25.2 Å². The largest absolute Gasteiger partial charge is 0.318 e. The van der Waals surface area contributed by atoms with Crippen molar-refractivity contribution in [2.75, 3.05) is 6.54 Å². The van der Waals surface area contributed by atoms with Gasteiger partial charge in [0.1, 0.15) is 4.32 Å². The summed E-state index contributed by atoms with van der Waals surface area (Å²) in [6, 6.07) is 11.2. The molecule has 1 aliphatic heterocycles. The molecule has 0 unspecified atom stereocenters. The predicted octanol–water partition coefficient (Wildman–Crippen LogP) is 6.36. The minimum absolute atomic E-state index is 0.0177. The van der Waals surface area contributed by atoms with Crippen LogP contribution in [0.4, 0.5) is 0 Å². The molecule has 5 heteroatoms. The highest BCUT2D eigenvalue weighted by Crippen LogP contribution is 2.35. The van der Waals surface area contributed by atoms with Crippen molar-refractivity contribution in [2.45, 2.75) is 58.8 Å². The molecule has 2 heterocycles. The summed E-state index contributed by atoms with van der Waals surface area (Å²) in [5.41, 5.74) is 6.05. The number of hydrogen-bond donors (Lipinski definition) is 0. The molecule has 0 spiro atoms. The molecule has 1 amide bonds. The first-order valence-electron chi connectivity index (χ1n) is 10.5. The average molecular weight is 425 g/mol. The Morgan fingerprint density at radius 2 is 1.83 bits per heavy atom. The number of likely N-dealkylation sites (N-methyl/N-ethyl adjacent to an activating group) is 1. The van der Waals surface area contributed by atoms with E-state index in [0.29, 0.717) is 15.8 Å². The van der Waals surface area contributed by atoms with Gasteiger partial charge in [0, 0.05) is 23.6 Å². The molecule has 0 radical (unpaired) electrons. The van der Waals surface area contributed by atoms with Gasteiger partial charge in [-0.25, -0.2) is 0 Å². The van der Waals surface area contributed by atoms with E-state index < -0.39 is 0 Å². The van der Waals surface area contributed by atoms with Gasteiger partial charge in [0.25, 0.3) is 5.91 Å². The summed E-state index contributed by atoms with van der Waals surface area (Å²) >= 11 is 6.74. The summed E-state index contributed by atoms with van der Waals surface area (Å²) < 4.78 is 2.92. The molecule has 2 aliphatic rings. The van der Waals surface area contributed by atoms with Crippen LogP contribution in [0.2, 0.25) is 0 Å². The van der Waals surface area contributed by atoms with Gasteiger partial charge >= 0.3 is 0 Å². The number of carbonyl (C=O) groups is 1. The van der Waals surface area contributed by atoms with Crippen LogP contribution in [-0.4, -0.2) is 26.2 Å².